The van der Waals surface area contributed by atoms with Crippen molar-refractivity contribution in [3.8, 4) is 11.5 Å². The van der Waals surface area contributed by atoms with Gasteiger partial charge in [-0.3, -0.25) is 14.2 Å². The second kappa shape index (κ2) is 9.47. The molecule has 0 aliphatic rings. The first-order chi connectivity index (χ1) is 16.5. The summed E-state index contributed by atoms with van der Waals surface area (Å²) in [5.41, 5.74) is 0.150. The van der Waals surface area contributed by atoms with Crippen LogP contribution in [0.2, 0.25) is 10.0 Å². The number of alkyl halides is 3. The Bertz CT molecular complexity index is 1510. The second-order valence-corrected chi connectivity index (χ2v) is 8.07. The molecule has 180 valence electrons. The van der Waals surface area contributed by atoms with Crippen LogP contribution in [0.1, 0.15) is 15.9 Å². The smallest absolute Gasteiger partial charge is 0.505 e. The maximum Gasteiger partial charge on any atom is 0.573 e. The number of halogens is 5. The first-order valence-corrected chi connectivity index (χ1v) is 10.6. The molecule has 1 amide bonds. The van der Waals surface area contributed by atoms with E-state index in [1.807, 2.05) is 0 Å². The lowest BCUT2D eigenvalue weighted by atomic mass is 10.1. The highest BCUT2D eigenvalue weighted by molar-refractivity contribution is 6.39. The number of rotatable bonds is 5. The van der Waals surface area contributed by atoms with E-state index in [2.05, 4.69) is 15.0 Å². The first-order valence-electron chi connectivity index (χ1n) is 9.84. The fourth-order valence-corrected chi connectivity index (χ4v) is 3.82. The van der Waals surface area contributed by atoms with E-state index in [9.17, 15) is 27.9 Å². The number of nitrogens with zero attached hydrogens (tertiary/aromatic N) is 2. The minimum Gasteiger partial charge on any atom is -0.505 e. The van der Waals surface area contributed by atoms with E-state index in [1.165, 1.54) is 41.2 Å². The van der Waals surface area contributed by atoms with Crippen molar-refractivity contribution in [1.29, 1.82) is 0 Å². The third kappa shape index (κ3) is 5.33. The molecule has 0 aliphatic carbocycles. The van der Waals surface area contributed by atoms with E-state index in [4.69, 9.17) is 23.2 Å². The van der Waals surface area contributed by atoms with Crippen LogP contribution in [0.15, 0.2) is 65.7 Å². The Labute approximate surface area is 205 Å². The molecule has 0 aliphatic heterocycles. The predicted octanol–water partition coefficient (Wildman–Crippen LogP) is 5.61. The van der Waals surface area contributed by atoms with Gasteiger partial charge in [0.05, 0.1) is 45.1 Å². The summed E-state index contributed by atoms with van der Waals surface area (Å²) in [4.78, 5) is 30.2. The second-order valence-electron chi connectivity index (χ2n) is 7.28. The number of amides is 1. The fourth-order valence-electron chi connectivity index (χ4n) is 3.36. The zero-order chi connectivity index (χ0) is 25.3. The van der Waals surface area contributed by atoms with Gasteiger partial charge in [-0.05, 0) is 42.0 Å². The number of carbonyl (C=O) groups excluding carboxylic acids is 1. The fraction of sp³-hybridized carbons (Fsp3) is 0.0870. The van der Waals surface area contributed by atoms with Gasteiger partial charge in [0.15, 0.2) is 5.75 Å². The molecule has 0 unspecified atom stereocenters. The van der Waals surface area contributed by atoms with Crippen LogP contribution in [0, 0.1) is 0 Å². The quantitative estimate of drug-likeness (QED) is 0.354. The average Bonchev–Trinajstić information content (AvgIpc) is 2.78. The van der Waals surface area contributed by atoms with Crippen LogP contribution in [0.25, 0.3) is 10.9 Å². The van der Waals surface area contributed by atoms with Crippen molar-refractivity contribution in [2.75, 3.05) is 5.32 Å². The van der Waals surface area contributed by atoms with E-state index >= 15 is 0 Å². The molecule has 0 bridgehead atoms. The average molecular weight is 524 g/mol. The van der Waals surface area contributed by atoms with E-state index in [1.54, 1.807) is 12.1 Å². The van der Waals surface area contributed by atoms with Gasteiger partial charge >= 0.3 is 6.36 Å². The number of anilines is 1. The van der Waals surface area contributed by atoms with Gasteiger partial charge in [0, 0.05) is 0 Å². The number of aromatic hydroxyl groups is 1. The molecule has 12 heteroatoms. The molecule has 1 aromatic heterocycles. The summed E-state index contributed by atoms with van der Waals surface area (Å²) < 4.78 is 42.7. The van der Waals surface area contributed by atoms with Gasteiger partial charge in [-0.25, -0.2) is 4.98 Å². The van der Waals surface area contributed by atoms with Gasteiger partial charge in [-0.1, -0.05) is 41.4 Å². The largest absolute Gasteiger partial charge is 0.573 e. The molecular weight excluding hydrogens is 510 g/mol. The first kappa shape index (κ1) is 24.4. The summed E-state index contributed by atoms with van der Waals surface area (Å²) in [6, 6.07) is 12.4. The minimum atomic E-state index is -4.85. The lowest BCUT2D eigenvalue weighted by molar-refractivity contribution is -0.274. The summed E-state index contributed by atoms with van der Waals surface area (Å²) in [6.45, 7) is -0.101. The monoisotopic (exact) mass is 523 g/mol. The van der Waals surface area contributed by atoms with Crippen molar-refractivity contribution in [2.45, 2.75) is 12.9 Å². The Kier molecular flexibility index (Phi) is 6.60. The van der Waals surface area contributed by atoms with Gasteiger partial charge in [0.25, 0.3) is 11.5 Å². The maximum absolute atomic E-state index is 13.2. The third-order valence-electron chi connectivity index (χ3n) is 4.90. The van der Waals surface area contributed by atoms with Gasteiger partial charge in [-0.2, -0.15) is 0 Å². The topological polar surface area (TPSA) is 93.5 Å². The third-order valence-corrected chi connectivity index (χ3v) is 5.59. The van der Waals surface area contributed by atoms with Gasteiger partial charge in [0.1, 0.15) is 5.75 Å². The van der Waals surface area contributed by atoms with Crippen LogP contribution in [0.4, 0.5) is 18.9 Å². The van der Waals surface area contributed by atoms with Crippen molar-refractivity contribution >= 4 is 45.7 Å². The standard InChI is InChI=1S/C23H14Cl2F3N3O4/c24-15-8-7-14(19(25)20(15)32)21(33)30-17-6-2-5-16-18(17)22(34)31(11-29-16)10-12-3-1-4-13(9-12)35-23(26,27)28/h1-9,11,32H,10H2,(H,30,33). The number of nitrogens with one attached hydrogen (secondary N) is 1. The Morgan fingerprint density at radius 2 is 1.86 bits per heavy atom. The van der Waals surface area contributed by atoms with Crippen LogP contribution >= 0.6 is 23.2 Å². The van der Waals surface area contributed by atoms with Crippen LogP contribution in [-0.2, 0) is 6.54 Å². The molecule has 2 N–H and O–H groups in total. The van der Waals surface area contributed by atoms with Gasteiger partial charge in [-0.15, -0.1) is 13.2 Å². The predicted molar refractivity (Wildman–Crippen MR) is 124 cm³/mol. The number of aromatic nitrogens is 2. The molecule has 4 aromatic rings. The molecule has 0 spiro atoms. The SMILES string of the molecule is O=C(Nc1cccc2ncn(Cc3cccc(OC(F)(F)F)c3)c(=O)c12)c1ccc(Cl)c(O)c1Cl. The highest BCUT2D eigenvalue weighted by Crippen LogP contribution is 2.34. The number of phenols is 1. The summed E-state index contributed by atoms with van der Waals surface area (Å²) in [5.74, 6) is -1.59. The summed E-state index contributed by atoms with van der Waals surface area (Å²) >= 11 is 11.8. The molecule has 1 heterocycles. The van der Waals surface area contributed by atoms with Crippen molar-refractivity contribution in [3.63, 3.8) is 0 Å². The molecule has 0 saturated carbocycles. The Morgan fingerprint density at radius 1 is 1.11 bits per heavy atom. The Hall–Kier alpha value is -3.76. The number of hydrogen-bond donors (Lipinski definition) is 2. The molecule has 0 fully saturated rings. The molecule has 35 heavy (non-hydrogen) atoms. The van der Waals surface area contributed by atoms with Crippen LogP contribution in [0.5, 0.6) is 11.5 Å². The molecule has 0 radical (unpaired) electrons. The van der Waals surface area contributed by atoms with E-state index in [-0.39, 0.29) is 38.7 Å². The molecule has 3 aromatic carbocycles. The summed E-state index contributed by atoms with van der Waals surface area (Å²) in [6.07, 6.45) is -3.60. The number of fused-ring (bicyclic) bond motifs is 1. The van der Waals surface area contributed by atoms with Gasteiger partial charge in [0.2, 0.25) is 0 Å². The maximum atomic E-state index is 13.2. The van der Waals surface area contributed by atoms with E-state index in [0.29, 0.717) is 5.56 Å². The lowest BCUT2D eigenvalue weighted by Gasteiger charge is -2.13. The van der Waals surface area contributed by atoms with E-state index in [0.717, 1.165) is 12.1 Å². The van der Waals surface area contributed by atoms with Crippen LogP contribution < -0.4 is 15.6 Å². The Morgan fingerprint density at radius 3 is 2.60 bits per heavy atom. The number of benzene rings is 3. The number of phenolic OH excluding ortho intramolecular Hbond substituents is 1. The lowest BCUT2D eigenvalue weighted by Crippen LogP contribution is -2.23. The van der Waals surface area contributed by atoms with Crippen molar-refractivity contribution in [3.05, 3.63) is 92.5 Å². The summed E-state index contributed by atoms with van der Waals surface area (Å²) in [5, 5.41) is 12.3. The molecule has 4 rings (SSSR count). The zero-order valence-corrected chi connectivity index (χ0v) is 18.9. The number of carbonyl (C=O) groups is 1. The van der Waals surface area contributed by atoms with Crippen molar-refractivity contribution in [2.24, 2.45) is 0 Å². The number of ether oxygens (including phenoxy) is 1. The molecular formula is C23H14Cl2F3N3O4. The molecule has 0 saturated heterocycles. The Balaban J connectivity index is 1.68. The molecule has 7 nitrogen and oxygen atoms in total. The van der Waals surface area contributed by atoms with Crippen molar-refractivity contribution in [1.82, 2.24) is 9.55 Å². The highest BCUT2D eigenvalue weighted by atomic mass is 35.5. The van der Waals surface area contributed by atoms with Crippen LogP contribution in [0.3, 0.4) is 0 Å². The van der Waals surface area contributed by atoms with E-state index < -0.39 is 29.3 Å². The number of hydrogen-bond acceptors (Lipinski definition) is 5. The van der Waals surface area contributed by atoms with Crippen molar-refractivity contribution < 1.29 is 27.8 Å². The highest BCUT2D eigenvalue weighted by Gasteiger charge is 2.31. The normalized spacial score (nSPS) is 11.5. The molecule has 0 atom stereocenters. The van der Waals surface area contributed by atoms with Gasteiger partial charge < -0.3 is 15.2 Å². The zero-order valence-electron chi connectivity index (χ0n) is 17.4. The minimum absolute atomic E-state index is 0.0338. The van der Waals surface area contributed by atoms with Crippen LogP contribution in [-0.4, -0.2) is 26.9 Å². The summed E-state index contributed by atoms with van der Waals surface area (Å²) in [7, 11) is 0.